The smallest absolute Gasteiger partial charge is 0.240 e. The Morgan fingerprint density at radius 1 is 1.18 bits per heavy atom. The van der Waals surface area contributed by atoms with Crippen molar-refractivity contribution in [3.8, 4) is 0 Å². The van der Waals surface area contributed by atoms with Crippen LogP contribution in [0.3, 0.4) is 0 Å². The SMILES string of the molecule is CN(Cc1nc2ccccc2s1)S(=O)(=O)c1cccc(Cl)c1. The molecule has 0 fully saturated rings. The summed E-state index contributed by atoms with van der Waals surface area (Å²) in [4.78, 5) is 4.65. The van der Waals surface area contributed by atoms with Gasteiger partial charge >= 0.3 is 0 Å². The summed E-state index contributed by atoms with van der Waals surface area (Å²) in [5.74, 6) is 0. The van der Waals surface area contributed by atoms with Crippen molar-refractivity contribution in [3.63, 3.8) is 0 Å². The molecule has 114 valence electrons. The number of benzene rings is 2. The fourth-order valence-electron chi connectivity index (χ4n) is 2.07. The molecule has 0 saturated heterocycles. The molecule has 0 aliphatic carbocycles. The first-order valence-corrected chi connectivity index (χ1v) is 9.16. The number of fused-ring (bicyclic) bond motifs is 1. The van der Waals surface area contributed by atoms with Crippen LogP contribution in [-0.4, -0.2) is 24.8 Å². The highest BCUT2D eigenvalue weighted by molar-refractivity contribution is 7.89. The summed E-state index contributed by atoms with van der Waals surface area (Å²) in [5.41, 5.74) is 0.885. The zero-order valence-electron chi connectivity index (χ0n) is 11.7. The highest BCUT2D eigenvalue weighted by Gasteiger charge is 2.22. The molecule has 1 aromatic heterocycles. The summed E-state index contributed by atoms with van der Waals surface area (Å²) in [5, 5.41) is 1.16. The Labute approximate surface area is 138 Å². The third-order valence-electron chi connectivity index (χ3n) is 3.20. The second-order valence-corrected chi connectivity index (χ2v) is 8.39. The number of aromatic nitrogens is 1. The molecule has 3 rings (SSSR count). The van der Waals surface area contributed by atoms with E-state index in [1.165, 1.54) is 27.8 Å². The summed E-state index contributed by atoms with van der Waals surface area (Å²) in [7, 11) is -2.04. The van der Waals surface area contributed by atoms with Gasteiger partial charge in [0.2, 0.25) is 10.0 Å². The lowest BCUT2D eigenvalue weighted by atomic mass is 10.3. The van der Waals surface area contributed by atoms with Crippen LogP contribution >= 0.6 is 22.9 Å². The lowest BCUT2D eigenvalue weighted by Crippen LogP contribution is -2.26. The van der Waals surface area contributed by atoms with Crippen molar-refractivity contribution >= 4 is 43.2 Å². The quantitative estimate of drug-likeness (QED) is 0.718. The maximum atomic E-state index is 12.5. The van der Waals surface area contributed by atoms with E-state index in [1.54, 1.807) is 19.2 Å². The van der Waals surface area contributed by atoms with Gasteiger partial charge in [0.25, 0.3) is 0 Å². The zero-order chi connectivity index (χ0) is 15.7. The first kappa shape index (κ1) is 15.4. The standard InChI is InChI=1S/C15H13ClN2O2S2/c1-18(22(19,20)12-6-4-5-11(16)9-12)10-15-17-13-7-2-3-8-14(13)21-15/h2-9H,10H2,1H3. The minimum atomic E-state index is -3.58. The van der Waals surface area contributed by atoms with E-state index in [0.717, 1.165) is 15.2 Å². The molecule has 3 aromatic rings. The molecule has 0 aliphatic rings. The molecule has 0 aliphatic heterocycles. The normalized spacial score (nSPS) is 12.1. The van der Waals surface area contributed by atoms with Crippen LogP contribution in [-0.2, 0) is 16.6 Å². The van der Waals surface area contributed by atoms with Crippen molar-refractivity contribution in [3.05, 3.63) is 58.6 Å². The topological polar surface area (TPSA) is 50.3 Å². The van der Waals surface area contributed by atoms with E-state index >= 15 is 0 Å². The van der Waals surface area contributed by atoms with Gasteiger partial charge in [0.1, 0.15) is 5.01 Å². The van der Waals surface area contributed by atoms with Gasteiger partial charge in [-0.25, -0.2) is 13.4 Å². The lowest BCUT2D eigenvalue weighted by molar-refractivity contribution is 0.466. The summed E-state index contributed by atoms with van der Waals surface area (Å²) < 4.78 is 27.4. The van der Waals surface area contributed by atoms with Gasteiger partial charge in [0.05, 0.1) is 21.7 Å². The minimum absolute atomic E-state index is 0.184. The Kier molecular flexibility index (Phi) is 4.18. The fraction of sp³-hybridized carbons (Fsp3) is 0.133. The summed E-state index contributed by atoms with van der Waals surface area (Å²) in [6.45, 7) is 0.230. The van der Waals surface area contributed by atoms with Crippen LogP contribution in [0.4, 0.5) is 0 Å². The Morgan fingerprint density at radius 2 is 1.95 bits per heavy atom. The number of halogens is 1. The first-order valence-electron chi connectivity index (χ1n) is 6.53. The molecular weight excluding hydrogens is 340 g/mol. The highest BCUT2D eigenvalue weighted by atomic mass is 35.5. The van der Waals surface area contributed by atoms with Crippen LogP contribution in [0.15, 0.2) is 53.4 Å². The van der Waals surface area contributed by atoms with Crippen molar-refractivity contribution in [2.24, 2.45) is 0 Å². The molecule has 0 atom stereocenters. The van der Waals surface area contributed by atoms with Crippen molar-refractivity contribution in [2.45, 2.75) is 11.4 Å². The zero-order valence-corrected chi connectivity index (χ0v) is 14.1. The van der Waals surface area contributed by atoms with Gasteiger partial charge in [-0.05, 0) is 30.3 Å². The van der Waals surface area contributed by atoms with Gasteiger partial charge in [-0.1, -0.05) is 29.8 Å². The van der Waals surface area contributed by atoms with Crippen LogP contribution in [0, 0.1) is 0 Å². The number of hydrogen-bond acceptors (Lipinski definition) is 4. The summed E-state index contributed by atoms with van der Waals surface area (Å²) in [6, 6.07) is 14.0. The number of nitrogens with zero attached hydrogens (tertiary/aromatic N) is 2. The van der Waals surface area contributed by atoms with Gasteiger partial charge in [-0.2, -0.15) is 4.31 Å². The molecule has 0 saturated carbocycles. The van der Waals surface area contributed by atoms with E-state index in [0.29, 0.717) is 5.02 Å². The predicted octanol–water partition coefficient (Wildman–Crippen LogP) is 3.77. The number of rotatable bonds is 4. The van der Waals surface area contributed by atoms with Gasteiger partial charge in [0.15, 0.2) is 0 Å². The largest absolute Gasteiger partial charge is 0.243 e. The lowest BCUT2D eigenvalue weighted by Gasteiger charge is -2.15. The first-order chi connectivity index (χ1) is 10.5. The maximum absolute atomic E-state index is 12.5. The van der Waals surface area contributed by atoms with Gasteiger partial charge < -0.3 is 0 Å². The van der Waals surface area contributed by atoms with E-state index in [2.05, 4.69) is 4.98 Å². The van der Waals surface area contributed by atoms with E-state index in [4.69, 9.17) is 11.6 Å². The van der Waals surface area contributed by atoms with E-state index in [-0.39, 0.29) is 11.4 Å². The fourth-order valence-corrected chi connectivity index (χ4v) is 4.61. The molecule has 0 bridgehead atoms. The third kappa shape index (κ3) is 3.01. The molecule has 4 nitrogen and oxygen atoms in total. The second-order valence-electron chi connectivity index (χ2n) is 4.79. The van der Waals surface area contributed by atoms with Gasteiger partial charge in [0, 0.05) is 12.1 Å². The Morgan fingerprint density at radius 3 is 2.68 bits per heavy atom. The summed E-state index contributed by atoms with van der Waals surface area (Å²) in [6.07, 6.45) is 0. The molecular formula is C15H13ClN2O2S2. The van der Waals surface area contributed by atoms with Crippen molar-refractivity contribution in [2.75, 3.05) is 7.05 Å². The molecule has 22 heavy (non-hydrogen) atoms. The molecule has 0 amide bonds. The Bertz CT molecular complexity index is 889. The van der Waals surface area contributed by atoms with E-state index < -0.39 is 10.0 Å². The van der Waals surface area contributed by atoms with Crippen LogP contribution in [0.2, 0.25) is 5.02 Å². The van der Waals surface area contributed by atoms with Gasteiger partial charge in [-0.3, -0.25) is 0 Å². The van der Waals surface area contributed by atoms with Crippen LogP contribution in [0.1, 0.15) is 5.01 Å². The molecule has 1 heterocycles. The van der Waals surface area contributed by atoms with Crippen LogP contribution in [0.5, 0.6) is 0 Å². The molecule has 0 radical (unpaired) electrons. The average Bonchev–Trinajstić information content (AvgIpc) is 2.89. The number of hydrogen-bond donors (Lipinski definition) is 0. The monoisotopic (exact) mass is 352 g/mol. The number of para-hydroxylation sites is 1. The van der Waals surface area contributed by atoms with Crippen LogP contribution < -0.4 is 0 Å². The van der Waals surface area contributed by atoms with Crippen molar-refractivity contribution in [1.29, 1.82) is 0 Å². The highest BCUT2D eigenvalue weighted by Crippen LogP contribution is 2.25. The predicted molar refractivity (Wildman–Crippen MR) is 89.7 cm³/mol. The number of thiazole rings is 1. The Balaban J connectivity index is 1.88. The van der Waals surface area contributed by atoms with E-state index in [9.17, 15) is 8.42 Å². The Hall–Kier alpha value is -1.47. The molecule has 0 N–H and O–H groups in total. The maximum Gasteiger partial charge on any atom is 0.243 e. The van der Waals surface area contributed by atoms with E-state index in [1.807, 2.05) is 24.3 Å². The third-order valence-corrected chi connectivity index (χ3v) is 6.26. The van der Waals surface area contributed by atoms with Crippen molar-refractivity contribution < 1.29 is 8.42 Å². The molecule has 0 unspecified atom stereocenters. The van der Waals surface area contributed by atoms with Crippen LogP contribution in [0.25, 0.3) is 10.2 Å². The van der Waals surface area contributed by atoms with Crippen molar-refractivity contribution in [1.82, 2.24) is 9.29 Å². The molecule has 0 spiro atoms. The summed E-state index contributed by atoms with van der Waals surface area (Å²) >= 11 is 7.37. The molecule has 2 aromatic carbocycles. The number of sulfonamides is 1. The average molecular weight is 353 g/mol. The van der Waals surface area contributed by atoms with Gasteiger partial charge in [-0.15, -0.1) is 11.3 Å². The minimum Gasteiger partial charge on any atom is -0.240 e. The second kappa shape index (κ2) is 5.96. The molecule has 7 heteroatoms.